The lowest BCUT2D eigenvalue weighted by Crippen LogP contribution is -2.28. The van der Waals surface area contributed by atoms with Gasteiger partial charge in [0.05, 0.1) is 7.11 Å². The van der Waals surface area contributed by atoms with E-state index in [9.17, 15) is 0 Å². The molecule has 1 unspecified atom stereocenters. The summed E-state index contributed by atoms with van der Waals surface area (Å²) in [7, 11) is 1.73. The highest BCUT2D eigenvalue weighted by molar-refractivity contribution is 5.30. The van der Waals surface area contributed by atoms with E-state index in [0.717, 1.165) is 11.7 Å². The Hall–Kier alpha value is -1.02. The zero-order valence-corrected chi connectivity index (χ0v) is 10.9. The number of piperidine rings is 1. The van der Waals surface area contributed by atoms with Crippen LogP contribution in [0.15, 0.2) is 24.3 Å². The van der Waals surface area contributed by atoms with Crippen LogP contribution in [0.25, 0.3) is 0 Å². The summed E-state index contributed by atoms with van der Waals surface area (Å²) in [5, 5.41) is 3.43. The quantitative estimate of drug-likeness (QED) is 0.862. The molecular formula is C15H23NO. The number of ether oxygens (including phenoxy) is 1. The lowest BCUT2D eigenvalue weighted by Gasteiger charge is -2.25. The first-order chi connectivity index (χ1) is 8.29. The SMILES string of the molecule is COc1cccc(C(C)CC2CCNCC2)c1. The fraction of sp³-hybridized carbons (Fsp3) is 0.600. The van der Waals surface area contributed by atoms with E-state index in [4.69, 9.17) is 4.74 Å². The second-order valence-corrected chi connectivity index (χ2v) is 5.11. The van der Waals surface area contributed by atoms with Crippen LogP contribution in [0.3, 0.4) is 0 Å². The minimum absolute atomic E-state index is 0.633. The molecule has 0 aliphatic carbocycles. The molecule has 1 fully saturated rings. The molecule has 2 rings (SSSR count). The molecule has 2 heteroatoms. The number of nitrogens with one attached hydrogen (secondary N) is 1. The first-order valence-corrected chi connectivity index (χ1v) is 6.64. The van der Waals surface area contributed by atoms with Crippen molar-refractivity contribution in [1.29, 1.82) is 0 Å². The van der Waals surface area contributed by atoms with Crippen LogP contribution in [0.5, 0.6) is 5.75 Å². The number of hydrogen-bond acceptors (Lipinski definition) is 2. The molecule has 0 radical (unpaired) electrons. The minimum atomic E-state index is 0.633. The molecule has 0 saturated carbocycles. The lowest BCUT2D eigenvalue weighted by atomic mass is 9.85. The van der Waals surface area contributed by atoms with Crippen LogP contribution >= 0.6 is 0 Å². The highest BCUT2D eigenvalue weighted by atomic mass is 16.5. The Morgan fingerprint density at radius 2 is 2.12 bits per heavy atom. The minimum Gasteiger partial charge on any atom is -0.497 e. The van der Waals surface area contributed by atoms with Gasteiger partial charge >= 0.3 is 0 Å². The van der Waals surface area contributed by atoms with Crippen molar-refractivity contribution >= 4 is 0 Å². The standard InChI is InChI=1S/C15H23NO/c1-12(10-13-6-8-16-9-7-13)14-4-3-5-15(11-14)17-2/h3-5,11-13,16H,6-10H2,1-2H3. The normalized spacial score (nSPS) is 18.9. The zero-order valence-electron chi connectivity index (χ0n) is 10.9. The predicted octanol–water partition coefficient (Wildman–Crippen LogP) is 3.19. The summed E-state index contributed by atoms with van der Waals surface area (Å²) < 4.78 is 5.28. The molecule has 94 valence electrons. The van der Waals surface area contributed by atoms with E-state index < -0.39 is 0 Å². The summed E-state index contributed by atoms with van der Waals surface area (Å²) in [6, 6.07) is 8.49. The van der Waals surface area contributed by atoms with E-state index in [1.54, 1.807) is 7.11 Å². The lowest BCUT2D eigenvalue weighted by molar-refractivity contribution is 0.336. The third kappa shape index (κ3) is 3.47. The van der Waals surface area contributed by atoms with E-state index in [-0.39, 0.29) is 0 Å². The van der Waals surface area contributed by atoms with Crippen molar-refractivity contribution in [2.45, 2.75) is 32.1 Å². The van der Waals surface area contributed by atoms with E-state index in [0.29, 0.717) is 5.92 Å². The van der Waals surface area contributed by atoms with Gasteiger partial charge in [-0.05, 0) is 61.9 Å². The third-order valence-corrected chi connectivity index (χ3v) is 3.81. The van der Waals surface area contributed by atoms with Crippen molar-refractivity contribution in [3.63, 3.8) is 0 Å². The molecule has 0 bridgehead atoms. The van der Waals surface area contributed by atoms with Crippen LogP contribution in [0, 0.1) is 5.92 Å². The smallest absolute Gasteiger partial charge is 0.119 e. The van der Waals surface area contributed by atoms with Crippen LogP contribution in [-0.2, 0) is 0 Å². The number of methoxy groups -OCH3 is 1. The fourth-order valence-electron chi connectivity index (χ4n) is 2.70. The number of hydrogen-bond donors (Lipinski definition) is 1. The van der Waals surface area contributed by atoms with Gasteiger partial charge in [-0.25, -0.2) is 0 Å². The molecule has 1 aliphatic rings. The van der Waals surface area contributed by atoms with Crippen LogP contribution in [0.2, 0.25) is 0 Å². The average Bonchev–Trinajstić information content (AvgIpc) is 2.40. The largest absolute Gasteiger partial charge is 0.497 e. The Kier molecular flexibility index (Phi) is 4.43. The van der Waals surface area contributed by atoms with Crippen molar-refractivity contribution in [2.24, 2.45) is 5.92 Å². The van der Waals surface area contributed by atoms with Gasteiger partial charge in [-0.15, -0.1) is 0 Å². The summed E-state index contributed by atoms with van der Waals surface area (Å²) in [6.07, 6.45) is 3.96. The monoisotopic (exact) mass is 233 g/mol. The van der Waals surface area contributed by atoms with Gasteiger partial charge in [-0.1, -0.05) is 19.1 Å². The van der Waals surface area contributed by atoms with E-state index in [2.05, 4.69) is 30.4 Å². The molecule has 1 saturated heterocycles. The van der Waals surface area contributed by atoms with Gasteiger partial charge in [-0.3, -0.25) is 0 Å². The molecule has 1 aromatic rings. The second kappa shape index (κ2) is 6.06. The molecule has 1 N–H and O–H groups in total. The van der Waals surface area contributed by atoms with E-state index in [1.165, 1.54) is 37.9 Å². The Balaban J connectivity index is 1.95. The van der Waals surface area contributed by atoms with E-state index in [1.807, 2.05) is 6.07 Å². The molecule has 1 aliphatic heterocycles. The van der Waals surface area contributed by atoms with Gasteiger partial charge in [0.25, 0.3) is 0 Å². The van der Waals surface area contributed by atoms with Crippen molar-refractivity contribution in [3.8, 4) is 5.75 Å². The predicted molar refractivity (Wildman–Crippen MR) is 71.6 cm³/mol. The fourth-order valence-corrected chi connectivity index (χ4v) is 2.70. The Bertz CT molecular complexity index is 345. The Morgan fingerprint density at radius 1 is 1.35 bits per heavy atom. The summed E-state index contributed by atoms with van der Waals surface area (Å²) in [6.45, 7) is 4.71. The highest BCUT2D eigenvalue weighted by Gasteiger charge is 2.17. The third-order valence-electron chi connectivity index (χ3n) is 3.81. The Morgan fingerprint density at radius 3 is 2.82 bits per heavy atom. The molecule has 0 spiro atoms. The van der Waals surface area contributed by atoms with E-state index >= 15 is 0 Å². The topological polar surface area (TPSA) is 21.3 Å². The second-order valence-electron chi connectivity index (χ2n) is 5.11. The Labute approximate surface area is 104 Å². The van der Waals surface area contributed by atoms with Crippen molar-refractivity contribution in [3.05, 3.63) is 29.8 Å². The van der Waals surface area contributed by atoms with Crippen LogP contribution in [0.1, 0.15) is 37.7 Å². The molecule has 2 nitrogen and oxygen atoms in total. The van der Waals surface area contributed by atoms with Gasteiger partial charge in [0.1, 0.15) is 5.75 Å². The van der Waals surface area contributed by atoms with Crippen LogP contribution < -0.4 is 10.1 Å². The number of benzene rings is 1. The molecule has 1 aromatic carbocycles. The van der Waals surface area contributed by atoms with Crippen molar-refractivity contribution < 1.29 is 4.74 Å². The summed E-state index contributed by atoms with van der Waals surface area (Å²) in [5.41, 5.74) is 1.41. The molecule has 0 amide bonds. The van der Waals surface area contributed by atoms with Crippen molar-refractivity contribution in [2.75, 3.05) is 20.2 Å². The first kappa shape index (κ1) is 12.4. The highest BCUT2D eigenvalue weighted by Crippen LogP contribution is 2.29. The van der Waals surface area contributed by atoms with Gasteiger partial charge < -0.3 is 10.1 Å². The van der Waals surface area contributed by atoms with Crippen LogP contribution in [0.4, 0.5) is 0 Å². The van der Waals surface area contributed by atoms with Gasteiger partial charge in [0.15, 0.2) is 0 Å². The molecule has 1 atom stereocenters. The maximum absolute atomic E-state index is 5.28. The van der Waals surface area contributed by atoms with Gasteiger partial charge in [0.2, 0.25) is 0 Å². The van der Waals surface area contributed by atoms with Crippen LogP contribution in [-0.4, -0.2) is 20.2 Å². The summed E-state index contributed by atoms with van der Waals surface area (Å²) in [4.78, 5) is 0. The molecule has 17 heavy (non-hydrogen) atoms. The maximum Gasteiger partial charge on any atom is 0.119 e. The summed E-state index contributed by atoms with van der Waals surface area (Å²) in [5.74, 6) is 2.49. The first-order valence-electron chi connectivity index (χ1n) is 6.64. The zero-order chi connectivity index (χ0) is 12.1. The molecular weight excluding hydrogens is 210 g/mol. The van der Waals surface area contributed by atoms with Crippen molar-refractivity contribution in [1.82, 2.24) is 5.32 Å². The molecule has 1 heterocycles. The maximum atomic E-state index is 5.28. The van der Waals surface area contributed by atoms with Gasteiger partial charge in [-0.2, -0.15) is 0 Å². The average molecular weight is 233 g/mol. The summed E-state index contributed by atoms with van der Waals surface area (Å²) >= 11 is 0. The molecule has 0 aromatic heterocycles. The number of rotatable bonds is 4. The van der Waals surface area contributed by atoms with Gasteiger partial charge in [0, 0.05) is 0 Å².